The van der Waals surface area contributed by atoms with E-state index >= 15 is 0 Å². The Balaban J connectivity index is 1.80. The van der Waals surface area contributed by atoms with Gasteiger partial charge in [0.05, 0.1) is 17.1 Å². The number of nitrogens with zero attached hydrogens (tertiary/aromatic N) is 4. The number of aryl methyl sites for hydroxylation is 3. The molecule has 5 heteroatoms. The van der Waals surface area contributed by atoms with Crippen LogP contribution in [0.15, 0.2) is 18.3 Å². The molecule has 0 aliphatic rings. The van der Waals surface area contributed by atoms with Gasteiger partial charge in [0.2, 0.25) is 0 Å². The fourth-order valence-corrected chi connectivity index (χ4v) is 2.13. The topological polar surface area (TPSA) is 47.7 Å². The largest absolute Gasteiger partial charge is 0.311 e. The zero-order valence-electron chi connectivity index (χ0n) is 12.1. The summed E-state index contributed by atoms with van der Waals surface area (Å²) in [5.74, 6) is 0. The van der Waals surface area contributed by atoms with Crippen molar-refractivity contribution in [2.24, 2.45) is 7.05 Å². The molecule has 19 heavy (non-hydrogen) atoms. The molecule has 0 saturated carbocycles. The van der Waals surface area contributed by atoms with E-state index in [-0.39, 0.29) is 0 Å². The van der Waals surface area contributed by atoms with Crippen molar-refractivity contribution >= 4 is 0 Å². The molecule has 0 atom stereocenters. The van der Waals surface area contributed by atoms with Crippen molar-refractivity contribution < 1.29 is 0 Å². The van der Waals surface area contributed by atoms with Crippen LogP contribution in [0, 0.1) is 0 Å². The molecule has 104 valence electrons. The van der Waals surface area contributed by atoms with Gasteiger partial charge in [-0.15, -0.1) is 0 Å². The van der Waals surface area contributed by atoms with Gasteiger partial charge in [-0.25, -0.2) is 0 Å². The van der Waals surface area contributed by atoms with Crippen molar-refractivity contribution in [2.45, 2.75) is 39.8 Å². The molecule has 0 saturated heterocycles. The maximum Gasteiger partial charge on any atom is 0.0637 e. The minimum absolute atomic E-state index is 0.869. The molecule has 0 aromatic carbocycles. The zero-order valence-corrected chi connectivity index (χ0v) is 12.1. The number of aromatic nitrogens is 4. The third-order valence-electron chi connectivity index (χ3n) is 3.21. The van der Waals surface area contributed by atoms with Crippen LogP contribution >= 0.6 is 0 Å². The Labute approximate surface area is 114 Å². The summed E-state index contributed by atoms with van der Waals surface area (Å²) in [6.45, 7) is 7.00. The fraction of sp³-hybridized carbons (Fsp3) is 0.571. The monoisotopic (exact) mass is 261 g/mol. The molecule has 0 fully saturated rings. The average molecular weight is 261 g/mol. The standard InChI is InChI=1S/C14H23N5/c1-4-12-10-14(19(5-2)17-12)11-15-8-6-13-7-9-18(3)16-13/h7,9-10,15H,4-6,8,11H2,1-3H3. The highest BCUT2D eigenvalue weighted by Crippen LogP contribution is 2.05. The predicted molar refractivity (Wildman–Crippen MR) is 75.9 cm³/mol. The van der Waals surface area contributed by atoms with Gasteiger partial charge in [0.15, 0.2) is 0 Å². The van der Waals surface area contributed by atoms with Crippen LogP contribution < -0.4 is 5.32 Å². The van der Waals surface area contributed by atoms with Crippen molar-refractivity contribution in [1.82, 2.24) is 24.9 Å². The molecule has 0 unspecified atom stereocenters. The highest BCUT2D eigenvalue weighted by Gasteiger charge is 2.05. The number of rotatable bonds is 7. The first-order valence-electron chi connectivity index (χ1n) is 6.97. The van der Waals surface area contributed by atoms with Gasteiger partial charge < -0.3 is 5.32 Å². The van der Waals surface area contributed by atoms with Crippen LogP contribution in [0.1, 0.15) is 30.9 Å². The molecule has 5 nitrogen and oxygen atoms in total. The molecule has 0 spiro atoms. The molecule has 0 aliphatic carbocycles. The summed E-state index contributed by atoms with van der Waals surface area (Å²) in [6.07, 6.45) is 3.94. The summed E-state index contributed by atoms with van der Waals surface area (Å²) >= 11 is 0. The lowest BCUT2D eigenvalue weighted by molar-refractivity contribution is 0.576. The van der Waals surface area contributed by atoms with Crippen molar-refractivity contribution in [3.8, 4) is 0 Å². The molecular formula is C14H23N5. The molecular weight excluding hydrogens is 238 g/mol. The lowest BCUT2D eigenvalue weighted by atomic mass is 10.3. The third kappa shape index (κ3) is 3.67. The van der Waals surface area contributed by atoms with Crippen molar-refractivity contribution in [1.29, 1.82) is 0 Å². The van der Waals surface area contributed by atoms with Gasteiger partial charge in [0, 0.05) is 39.3 Å². The molecule has 2 aromatic rings. The van der Waals surface area contributed by atoms with Gasteiger partial charge in [-0.3, -0.25) is 9.36 Å². The van der Waals surface area contributed by atoms with Gasteiger partial charge in [0.1, 0.15) is 0 Å². The van der Waals surface area contributed by atoms with Gasteiger partial charge >= 0.3 is 0 Å². The van der Waals surface area contributed by atoms with Gasteiger partial charge in [-0.2, -0.15) is 10.2 Å². The Morgan fingerprint density at radius 2 is 2.05 bits per heavy atom. The number of nitrogens with one attached hydrogen (secondary N) is 1. The maximum atomic E-state index is 4.55. The Hall–Kier alpha value is -1.62. The van der Waals surface area contributed by atoms with E-state index in [1.165, 1.54) is 11.4 Å². The van der Waals surface area contributed by atoms with Gasteiger partial charge in [0.25, 0.3) is 0 Å². The third-order valence-corrected chi connectivity index (χ3v) is 3.21. The normalized spacial score (nSPS) is 11.1. The molecule has 2 aromatic heterocycles. The summed E-state index contributed by atoms with van der Waals surface area (Å²) < 4.78 is 3.92. The molecule has 0 amide bonds. The SMILES string of the molecule is CCc1cc(CNCCc2ccn(C)n2)n(CC)n1. The number of hydrogen-bond acceptors (Lipinski definition) is 3. The Bertz CT molecular complexity index is 512. The predicted octanol–water partition coefficient (Wildman–Crippen LogP) is 1.53. The van der Waals surface area contributed by atoms with E-state index in [1.54, 1.807) is 0 Å². The van der Waals surface area contributed by atoms with Crippen LogP contribution in [0.25, 0.3) is 0 Å². The van der Waals surface area contributed by atoms with E-state index in [0.717, 1.165) is 38.2 Å². The Morgan fingerprint density at radius 1 is 1.21 bits per heavy atom. The van der Waals surface area contributed by atoms with Crippen molar-refractivity contribution in [3.63, 3.8) is 0 Å². The number of hydrogen-bond donors (Lipinski definition) is 1. The average Bonchev–Trinajstić information content (AvgIpc) is 3.00. The summed E-state index contributed by atoms with van der Waals surface area (Å²) in [5.41, 5.74) is 3.57. The molecule has 0 bridgehead atoms. The van der Waals surface area contributed by atoms with Gasteiger partial charge in [-0.05, 0) is 25.5 Å². The van der Waals surface area contributed by atoms with E-state index in [1.807, 2.05) is 17.9 Å². The van der Waals surface area contributed by atoms with Crippen LogP contribution in [0.4, 0.5) is 0 Å². The first kappa shape index (κ1) is 13.8. The van der Waals surface area contributed by atoms with Crippen LogP contribution in [0.3, 0.4) is 0 Å². The van der Waals surface area contributed by atoms with Crippen LogP contribution in [0.5, 0.6) is 0 Å². The van der Waals surface area contributed by atoms with Crippen LogP contribution in [0.2, 0.25) is 0 Å². The molecule has 2 rings (SSSR count). The van der Waals surface area contributed by atoms with E-state index < -0.39 is 0 Å². The minimum Gasteiger partial charge on any atom is -0.311 e. The first-order chi connectivity index (χ1) is 9.22. The van der Waals surface area contributed by atoms with E-state index in [2.05, 4.69) is 46.2 Å². The van der Waals surface area contributed by atoms with Gasteiger partial charge in [-0.1, -0.05) is 6.92 Å². The first-order valence-corrected chi connectivity index (χ1v) is 6.97. The fourth-order valence-electron chi connectivity index (χ4n) is 2.13. The van der Waals surface area contributed by atoms with Crippen LogP contribution in [-0.2, 0) is 33.0 Å². The lowest BCUT2D eigenvalue weighted by Crippen LogP contribution is -2.19. The maximum absolute atomic E-state index is 4.55. The van der Waals surface area contributed by atoms with E-state index in [0.29, 0.717) is 0 Å². The molecule has 0 radical (unpaired) electrons. The highest BCUT2D eigenvalue weighted by atomic mass is 15.3. The Morgan fingerprint density at radius 3 is 2.68 bits per heavy atom. The van der Waals surface area contributed by atoms with Crippen molar-refractivity contribution in [3.05, 3.63) is 35.4 Å². The second-order valence-corrected chi connectivity index (χ2v) is 4.70. The summed E-state index contributed by atoms with van der Waals surface area (Å²) in [5, 5.41) is 12.4. The van der Waals surface area contributed by atoms with E-state index in [4.69, 9.17) is 0 Å². The molecule has 1 N–H and O–H groups in total. The summed E-state index contributed by atoms with van der Waals surface area (Å²) in [6, 6.07) is 4.25. The summed E-state index contributed by atoms with van der Waals surface area (Å²) in [7, 11) is 1.95. The minimum atomic E-state index is 0.869. The van der Waals surface area contributed by atoms with Crippen molar-refractivity contribution in [2.75, 3.05) is 6.54 Å². The quantitative estimate of drug-likeness (QED) is 0.769. The van der Waals surface area contributed by atoms with E-state index in [9.17, 15) is 0 Å². The highest BCUT2D eigenvalue weighted by molar-refractivity contribution is 5.10. The van der Waals surface area contributed by atoms with Crippen LogP contribution in [-0.4, -0.2) is 26.1 Å². The molecule has 0 aliphatic heterocycles. The Kier molecular flexibility index (Phi) is 4.74. The second kappa shape index (κ2) is 6.52. The lowest BCUT2D eigenvalue weighted by Gasteiger charge is -2.05. The smallest absolute Gasteiger partial charge is 0.0637 e. The zero-order chi connectivity index (χ0) is 13.7. The second-order valence-electron chi connectivity index (χ2n) is 4.70. The summed E-state index contributed by atoms with van der Waals surface area (Å²) in [4.78, 5) is 0. The molecule has 2 heterocycles.